The first-order valence-corrected chi connectivity index (χ1v) is 5.95. The van der Waals surface area contributed by atoms with E-state index in [9.17, 15) is 14.7 Å². The number of aromatic hydroxyl groups is 1. The minimum absolute atomic E-state index is 0.246. The number of rotatable bonds is 3. The van der Waals surface area contributed by atoms with Gasteiger partial charge in [0.25, 0.3) is 0 Å². The van der Waals surface area contributed by atoms with E-state index in [0.717, 1.165) is 11.3 Å². The van der Waals surface area contributed by atoms with Gasteiger partial charge in [0.05, 0.1) is 5.69 Å². The molecule has 0 atom stereocenters. The van der Waals surface area contributed by atoms with Gasteiger partial charge in [-0.15, -0.1) is 0 Å². The van der Waals surface area contributed by atoms with Crippen molar-refractivity contribution in [2.75, 3.05) is 0 Å². The molecule has 1 N–H and O–H groups in total. The van der Waals surface area contributed by atoms with Gasteiger partial charge in [-0.1, -0.05) is 0 Å². The summed E-state index contributed by atoms with van der Waals surface area (Å²) in [6.45, 7) is 3.33. The third-order valence-corrected chi connectivity index (χ3v) is 2.77. The summed E-state index contributed by atoms with van der Waals surface area (Å²) < 4.78 is 6.43. The van der Waals surface area contributed by atoms with Gasteiger partial charge < -0.3 is 9.52 Å². The average Bonchev–Trinajstić information content (AvgIpc) is 2.63. The molecule has 2 aromatic heterocycles. The number of aromatic nitrogens is 2. The average molecular weight is 274 g/mol. The number of nitrogens with zero attached hydrogens (tertiary/aromatic N) is 2. The van der Waals surface area contributed by atoms with Gasteiger partial charge in [-0.05, 0) is 26.0 Å². The van der Waals surface area contributed by atoms with E-state index in [2.05, 4.69) is 5.10 Å². The van der Waals surface area contributed by atoms with Gasteiger partial charge in [0.15, 0.2) is 5.78 Å². The fourth-order valence-electron chi connectivity index (χ4n) is 1.85. The highest BCUT2D eigenvalue weighted by Gasteiger charge is 2.16. The number of carbonyl (C=O) groups excluding carboxylic acids is 1. The second-order valence-corrected chi connectivity index (χ2v) is 4.45. The minimum Gasteiger partial charge on any atom is -0.507 e. The van der Waals surface area contributed by atoms with Crippen LogP contribution in [0.25, 0.3) is 6.08 Å². The van der Waals surface area contributed by atoms with Crippen molar-refractivity contribution in [3.63, 3.8) is 0 Å². The van der Waals surface area contributed by atoms with Crippen LogP contribution in [0.4, 0.5) is 0 Å². The van der Waals surface area contributed by atoms with Crippen LogP contribution in [-0.4, -0.2) is 20.7 Å². The highest BCUT2D eigenvalue weighted by Crippen LogP contribution is 2.16. The molecule has 0 saturated carbocycles. The van der Waals surface area contributed by atoms with Crippen LogP contribution in [-0.2, 0) is 7.05 Å². The Labute approximate surface area is 115 Å². The molecular weight excluding hydrogens is 260 g/mol. The molecule has 6 heteroatoms. The maximum absolute atomic E-state index is 12.0. The molecular formula is C14H14N2O4. The van der Waals surface area contributed by atoms with Gasteiger partial charge in [0.1, 0.15) is 17.1 Å². The van der Waals surface area contributed by atoms with Gasteiger partial charge in [-0.3, -0.25) is 9.48 Å². The van der Waals surface area contributed by atoms with Crippen molar-refractivity contribution in [1.29, 1.82) is 0 Å². The maximum atomic E-state index is 12.0. The van der Waals surface area contributed by atoms with Crippen LogP contribution in [0.15, 0.2) is 27.6 Å². The molecule has 0 spiro atoms. The summed E-state index contributed by atoms with van der Waals surface area (Å²) in [6, 6.07) is 1.23. The zero-order valence-corrected chi connectivity index (χ0v) is 11.4. The Morgan fingerprint density at radius 1 is 1.45 bits per heavy atom. The van der Waals surface area contributed by atoms with Crippen LogP contribution in [0, 0.1) is 13.8 Å². The Morgan fingerprint density at radius 3 is 2.70 bits per heavy atom. The molecule has 2 heterocycles. The summed E-state index contributed by atoms with van der Waals surface area (Å²) in [4.78, 5) is 23.5. The smallest absolute Gasteiger partial charge is 0.351 e. The Kier molecular flexibility index (Phi) is 3.56. The molecule has 0 saturated heterocycles. The largest absolute Gasteiger partial charge is 0.507 e. The topological polar surface area (TPSA) is 85.3 Å². The van der Waals surface area contributed by atoms with Crippen LogP contribution in [0.1, 0.15) is 27.4 Å². The van der Waals surface area contributed by atoms with Gasteiger partial charge in [-0.25, -0.2) is 4.79 Å². The molecule has 0 radical (unpaired) electrons. The lowest BCUT2D eigenvalue weighted by Crippen LogP contribution is -2.12. The highest BCUT2D eigenvalue weighted by molar-refractivity contribution is 6.08. The van der Waals surface area contributed by atoms with Gasteiger partial charge in [-0.2, -0.15) is 5.10 Å². The number of hydrogen-bond acceptors (Lipinski definition) is 5. The molecule has 6 nitrogen and oxygen atoms in total. The third-order valence-electron chi connectivity index (χ3n) is 2.77. The second-order valence-electron chi connectivity index (χ2n) is 4.45. The van der Waals surface area contributed by atoms with Crippen LogP contribution in [0.5, 0.6) is 5.75 Å². The molecule has 0 bridgehead atoms. The first-order chi connectivity index (χ1) is 9.38. The van der Waals surface area contributed by atoms with E-state index in [1.807, 2.05) is 6.92 Å². The fourth-order valence-corrected chi connectivity index (χ4v) is 1.85. The van der Waals surface area contributed by atoms with Gasteiger partial charge in [0, 0.05) is 24.9 Å². The first-order valence-electron chi connectivity index (χ1n) is 5.95. The van der Waals surface area contributed by atoms with Crippen molar-refractivity contribution in [3.8, 4) is 5.75 Å². The van der Waals surface area contributed by atoms with Crippen molar-refractivity contribution in [2.45, 2.75) is 13.8 Å². The van der Waals surface area contributed by atoms with E-state index in [4.69, 9.17) is 4.42 Å². The SMILES string of the molecule is Cc1cc(O)c(C(=O)C=Cc2cn(C)nc2C)c(=O)o1. The number of allylic oxidation sites excluding steroid dienone is 1. The summed E-state index contributed by atoms with van der Waals surface area (Å²) >= 11 is 0. The van der Waals surface area contributed by atoms with E-state index in [-0.39, 0.29) is 17.1 Å². The summed E-state index contributed by atoms with van der Waals surface area (Å²) in [7, 11) is 1.77. The summed E-state index contributed by atoms with van der Waals surface area (Å²) in [5.41, 5.74) is 0.307. The van der Waals surface area contributed by atoms with Crippen LogP contribution in [0.2, 0.25) is 0 Å². The Balaban J connectivity index is 2.34. The van der Waals surface area contributed by atoms with E-state index >= 15 is 0 Å². The van der Waals surface area contributed by atoms with E-state index in [1.54, 1.807) is 24.0 Å². The number of ketones is 1. The van der Waals surface area contributed by atoms with E-state index in [0.29, 0.717) is 0 Å². The molecule has 0 amide bonds. The summed E-state index contributed by atoms with van der Waals surface area (Å²) in [5.74, 6) is -0.744. The Morgan fingerprint density at radius 2 is 2.15 bits per heavy atom. The lowest BCUT2D eigenvalue weighted by molar-refractivity contribution is 0.104. The molecule has 0 unspecified atom stereocenters. The monoisotopic (exact) mass is 274 g/mol. The summed E-state index contributed by atoms with van der Waals surface area (Å²) in [5, 5.41) is 13.8. The van der Waals surface area contributed by atoms with E-state index in [1.165, 1.54) is 19.1 Å². The summed E-state index contributed by atoms with van der Waals surface area (Å²) in [6.07, 6.45) is 4.51. The number of hydrogen-bond donors (Lipinski definition) is 1. The zero-order valence-electron chi connectivity index (χ0n) is 11.4. The molecule has 104 valence electrons. The van der Waals surface area contributed by atoms with Crippen molar-refractivity contribution in [1.82, 2.24) is 9.78 Å². The molecule has 0 fully saturated rings. The number of aryl methyl sites for hydroxylation is 3. The molecule has 0 aliphatic rings. The van der Waals surface area contributed by atoms with Crippen molar-refractivity contribution in [2.24, 2.45) is 7.05 Å². The molecule has 0 aliphatic carbocycles. The lowest BCUT2D eigenvalue weighted by atomic mass is 10.1. The third kappa shape index (κ3) is 2.69. The quantitative estimate of drug-likeness (QED) is 0.678. The van der Waals surface area contributed by atoms with Crippen LogP contribution < -0.4 is 5.63 Å². The van der Waals surface area contributed by atoms with Crippen molar-refractivity contribution in [3.05, 3.63) is 51.3 Å². The minimum atomic E-state index is -0.847. The Bertz CT molecular complexity index is 753. The maximum Gasteiger partial charge on any atom is 0.351 e. The molecule has 2 aromatic rings. The predicted octanol–water partition coefficient (Wildman–Crippen LogP) is 1.59. The van der Waals surface area contributed by atoms with Crippen LogP contribution >= 0.6 is 0 Å². The fraction of sp³-hybridized carbons (Fsp3) is 0.214. The van der Waals surface area contributed by atoms with Gasteiger partial charge >= 0.3 is 5.63 Å². The molecule has 20 heavy (non-hydrogen) atoms. The standard InChI is InChI=1S/C14H14N2O4/c1-8-6-12(18)13(14(19)20-8)11(17)5-4-10-7-16(3)15-9(10)2/h4-7,18H,1-3H3. The Hall–Kier alpha value is -2.63. The zero-order chi connectivity index (χ0) is 14.9. The number of carbonyl (C=O) groups is 1. The predicted molar refractivity (Wildman–Crippen MR) is 72.7 cm³/mol. The first kappa shape index (κ1) is 13.8. The van der Waals surface area contributed by atoms with E-state index < -0.39 is 11.4 Å². The highest BCUT2D eigenvalue weighted by atomic mass is 16.4. The van der Waals surface area contributed by atoms with Crippen molar-refractivity contribution >= 4 is 11.9 Å². The second kappa shape index (κ2) is 5.16. The van der Waals surface area contributed by atoms with Crippen LogP contribution in [0.3, 0.4) is 0 Å². The molecule has 2 rings (SSSR count). The van der Waals surface area contributed by atoms with Crippen molar-refractivity contribution < 1.29 is 14.3 Å². The normalized spacial score (nSPS) is 11.2. The van der Waals surface area contributed by atoms with Gasteiger partial charge in [0.2, 0.25) is 0 Å². The lowest BCUT2D eigenvalue weighted by Gasteiger charge is -1.99. The molecule has 0 aromatic carbocycles. The molecule has 0 aliphatic heterocycles.